The van der Waals surface area contributed by atoms with E-state index >= 15 is 0 Å². The van der Waals surface area contributed by atoms with Gasteiger partial charge in [0.1, 0.15) is 11.6 Å². The molecule has 4 aliphatic carbocycles. The van der Waals surface area contributed by atoms with Gasteiger partial charge in [0.2, 0.25) is 5.95 Å². The van der Waals surface area contributed by atoms with E-state index in [1.165, 1.54) is 12.5 Å². The molecule has 196 valence electrons. The van der Waals surface area contributed by atoms with Crippen molar-refractivity contribution in [1.82, 2.24) is 9.55 Å². The second kappa shape index (κ2) is 7.62. The molecule has 0 amide bonds. The standard InChI is InChI=1S/C30H36ClN3O3/c1-16(35)37-19-9-11-28(2)17(13-19)5-7-20-21(28)10-12-29(3)22(20)15-25-26(36)30(29,4)33-27-32-23-14-18(31)6-8-24(23)34(25)27/h5-6,8,14,19-22,25H,7,9-13,15H2,1-4H3,(H,32,33)/t19-,20+,21-,22-,25+,28-,29-,30+/m0/s1. The predicted octanol–water partition coefficient (Wildman–Crippen LogP) is 6.49. The maximum absolute atomic E-state index is 14.1. The Balaban J connectivity index is 1.28. The quantitative estimate of drug-likeness (QED) is 0.343. The van der Waals surface area contributed by atoms with Gasteiger partial charge in [0.05, 0.1) is 17.1 Å². The lowest BCUT2D eigenvalue weighted by Gasteiger charge is -2.66. The first-order chi connectivity index (χ1) is 17.5. The molecule has 3 saturated carbocycles. The molecule has 1 aliphatic heterocycles. The van der Waals surface area contributed by atoms with Crippen LogP contribution in [-0.4, -0.2) is 32.9 Å². The van der Waals surface area contributed by atoms with Crippen molar-refractivity contribution in [2.45, 2.75) is 90.3 Å². The van der Waals surface area contributed by atoms with Crippen LogP contribution in [0, 0.1) is 28.6 Å². The highest BCUT2D eigenvalue weighted by molar-refractivity contribution is 6.31. The Hall–Kier alpha value is -2.34. The number of nitrogens with one attached hydrogen (secondary N) is 1. The second-order valence-corrected chi connectivity index (χ2v) is 13.4. The number of benzene rings is 1. The van der Waals surface area contributed by atoms with Gasteiger partial charge >= 0.3 is 5.97 Å². The summed E-state index contributed by atoms with van der Waals surface area (Å²) in [6.45, 7) is 8.48. The SMILES string of the molecule is CC(=O)O[C@H]1CC[C@@]2(C)C(=CC[C@@H]3[C@@H]2CC[C@@]2(C)[C@H]3C[C@@H]3C(=O)[C@@]2(C)Nc2nc4cc(Cl)ccc4n23)C1. The first-order valence-corrected chi connectivity index (χ1v) is 14.3. The summed E-state index contributed by atoms with van der Waals surface area (Å²) in [6.07, 6.45) is 9.44. The van der Waals surface area contributed by atoms with E-state index in [1.54, 1.807) is 0 Å². The summed E-state index contributed by atoms with van der Waals surface area (Å²) in [7, 11) is 0. The highest BCUT2D eigenvalue weighted by Gasteiger charge is 2.67. The number of rotatable bonds is 1. The minimum Gasteiger partial charge on any atom is -0.462 e. The average molecular weight is 522 g/mol. The van der Waals surface area contributed by atoms with Crippen molar-refractivity contribution in [2.24, 2.45) is 28.6 Å². The number of allylic oxidation sites excluding steroid dienone is 1. The number of halogens is 1. The van der Waals surface area contributed by atoms with Gasteiger partial charge < -0.3 is 10.1 Å². The molecule has 1 aromatic carbocycles. The highest BCUT2D eigenvalue weighted by atomic mass is 35.5. The van der Waals surface area contributed by atoms with Gasteiger partial charge in [-0.25, -0.2) is 4.98 Å². The molecule has 6 nitrogen and oxygen atoms in total. The average Bonchev–Trinajstić information content (AvgIpc) is 3.18. The minimum absolute atomic E-state index is 0.0125. The topological polar surface area (TPSA) is 73.2 Å². The number of hydrogen-bond donors (Lipinski definition) is 1. The lowest BCUT2D eigenvalue weighted by molar-refractivity contribution is -0.156. The van der Waals surface area contributed by atoms with E-state index in [2.05, 4.69) is 36.7 Å². The summed E-state index contributed by atoms with van der Waals surface area (Å²) in [6, 6.07) is 5.58. The maximum Gasteiger partial charge on any atom is 0.302 e. The fraction of sp³-hybridized carbons (Fsp3) is 0.633. The number of ketones is 1. The van der Waals surface area contributed by atoms with Crippen LogP contribution < -0.4 is 5.32 Å². The Labute approximate surface area is 223 Å². The summed E-state index contributed by atoms with van der Waals surface area (Å²) in [5, 5.41) is 4.34. The summed E-state index contributed by atoms with van der Waals surface area (Å²) in [5.74, 6) is 2.49. The van der Waals surface area contributed by atoms with E-state index in [4.69, 9.17) is 21.3 Å². The zero-order valence-corrected chi connectivity index (χ0v) is 22.9. The van der Waals surface area contributed by atoms with Crippen LogP contribution in [0.4, 0.5) is 5.95 Å². The number of anilines is 1. The number of fused-ring (bicyclic) bond motifs is 12. The summed E-state index contributed by atoms with van der Waals surface area (Å²) in [4.78, 5) is 30.6. The molecule has 2 bridgehead atoms. The van der Waals surface area contributed by atoms with Crippen molar-refractivity contribution in [3.05, 3.63) is 34.9 Å². The van der Waals surface area contributed by atoms with Gasteiger partial charge in [-0.3, -0.25) is 14.2 Å². The zero-order chi connectivity index (χ0) is 25.9. The normalized spacial score (nSPS) is 42.0. The number of carbonyl (C=O) groups excluding carboxylic acids is 2. The molecule has 2 aromatic rings. The van der Waals surface area contributed by atoms with E-state index in [0.29, 0.717) is 28.6 Å². The Morgan fingerprint density at radius 3 is 2.78 bits per heavy atom. The molecule has 7 rings (SSSR count). The number of aromatic nitrogens is 2. The molecule has 5 aliphatic rings. The number of Topliss-reactive ketones (excluding diaryl/α,β-unsaturated/α-hetero) is 1. The van der Waals surface area contributed by atoms with Gasteiger partial charge in [-0.15, -0.1) is 0 Å². The summed E-state index contributed by atoms with van der Waals surface area (Å²) in [5.41, 5.74) is 2.67. The molecule has 0 spiro atoms. The van der Waals surface area contributed by atoms with Crippen LogP contribution >= 0.6 is 11.6 Å². The van der Waals surface area contributed by atoms with Gasteiger partial charge in [0.25, 0.3) is 0 Å². The Morgan fingerprint density at radius 2 is 2.00 bits per heavy atom. The van der Waals surface area contributed by atoms with Gasteiger partial charge in [-0.05, 0) is 86.8 Å². The monoisotopic (exact) mass is 521 g/mol. The first-order valence-electron chi connectivity index (χ1n) is 13.9. The molecular weight excluding hydrogens is 486 g/mol. The molecule has 7 heteroatoms. The number of nitrogens with zero attached hydrogens (tertiary/aromatic N) is 2. The minimum atomic E-state index is -0.648. The molecule has 37 heavy (non-hydrogen) atoms. The largest absolute Gasteiger partial charge is 0.462 e. The van der Waals surface area contributed by atoms with E-state index < -0.39 is 5.54 Å². The number of hydrogen-bond acceptors (Lipinski definition) is 5. The fourth-order valence-electron chi connectivity index (χ4n) is 9.43. The Kier molecular flexibility index (Phi) is 4.89. The number of esters is 1. The lowest BCUT2D eigenvalue weighted by atomic mass is 9.41. The predicted molar refractivity (Wildman–Crippen MR) is 143 cm³/mol. The molecule has 1 N–H and O–H groups in total. The molecule has 8 atom stereocenters. The third kappa shape index (κ3) is 3.02. The van der Waals surface area contributed by atoms with Gasteiger partial charge in [0.15, 0.2) is 5.78 Å². The van der Waals surface area contributed by atoms with Crippen molar-refractivity contribution in [3.8, 4) is 0 Å². The summed E-state index contributed by atoms with van der Waals surface area (Å²) < 4.78 is 7.77. The van der Waals surface area contributed by atoms with E-state index in [1.807, 2.05) is 18.2 Å². The highest BCUT2D eigenvalue weighted by Crippen LogP contribution is 2.67. The van der Waals surface area contributed by atoms with Crippen molar-refractivity contribution < 1.29 is 14.3 Å². The van der Waals surface area contributed by atoms with Crippen LogP contribution in [0.2, 0.25) is 5.02 Å². The molecular formula is C30H36ClN3O3. The van der Waals surface area contributed by atoms with Crippen LogP contribution in [0.3, 0.4) is 0 Å². The van der Waals surface area contributed by atoms with Crippen molar-refractivity contribution in [2.75, 3.05) is 5.32 Å². The second-order valence-electron chi connectivity index (χ2n) is 13.0. The maximum atomic E-state index is 14.1. The van der Waals surface area contributed by atoms with Crippen molar-refractivity contribution in [1.29, 1.82) is 0 Å². The number of ether oxygens (including phenoxy) is 1. The van der Waals surface area contributed by atoms with Crippen LogP contribution in [0.15, 0.2) is 29.8 Å². The molecule has 0 unspecified atom stereocenters. The Morgan fingerprint density at radius 1 is 1.19 bits per heavy atom. The molecule has 0 saturated heterocycles. The third-order valence-corrected chi connectivity index (χ3v) is 11.8. The van der Waals surface area contributed by atoms with Crippen LogP contribution in [0.25, 0.3) is 11.0 Å². The lowest BCUT2D eigenvalue weighted by Crippen LogP contribution is -2.70. The molecule has 0 radical (unpaired) electrons. The van der Waals surface area contributed by atoms with E-state index in [-0.39, 0.29) is 28.9 Å². The van der Waals surface area contributed by atoms with Gasteiger partial charge in [-0.2, -0.15) is 0 Å². The summed E-state index contributed by atoms with van der Waals surface area (Å²) >= 11 is 6.28. The Bertz CT molecular complexity index is 1380. The van der Waals surface area contributed by atoms with Crippen molar-refractivity contribution in [3.63, 3.8) is 0 Å². The van der Waals surface area contributed by atoms with Crippen molar-refractivity contribution >= 4 is 40.3 Å². The molecule has 1 aromatic heterocycles. The smallest absolute Gasteiger partial charge is 0.302 e. The molecule has 2 heterocycles. The van der Waals surface area contributed by atoms with Crippen LogP contribution in [0.5, 0.6) is 0 Å². The van der Waals surface area contributed by atoms with Crippen LogP contribution in [0.1, 0.15) is 78.7 Å². The number of imidazole rings is 1. The first kappa shape index (κ1) is 23.8. The van der Waals surface area contributed by atoms with E-state index in [0.717, 1.165) is 61.9 Å². The zero-order valence-electron chi connectivity index (χ0n) is 22.1. The number of carbonyl (C=O) groups is 2. The van der Waals surface area contributed by atoms with Gasteiger partial charge in [0, 0.05) is 23.8 Å². The van der Waals surface area contributed by atoms with E-state index in [9.17, 15) is 9.59 Å². The van der Waals surface area contributed by atoms with Crippen LogP contribution in [-0.2, 0) is 14.3 Å². The molecule has 3 fully saturated rings. The van der Waals surface area contributed by atoms with Gasteiger partial charge in [-0.1, -0.05) is 37.1 Å². The fourth-order valence-corrected chi connectivity index (χ4v) is 9.59. The third-order valence-electron chi connectivity index (χ3n) is 11.5.